The highest BCUT2D eigenvalue weighted by Gasteiger charge is 2.08. The van der Waals surface area contributed by atoms with Gasteiger partial charge >= 0.3 is 0 Å². The summed E-state index contributed by atoms with van der Waals surface area (Å²) in [6.45, 7) is 6.65. The SMILES string of the molecule is CC(C)COCCC(CN)Cc1ccc(Cl)cc1. The van der Waals surface area contributed by atoms with Crippen LogP contribution in [0.4, 0.5) is 0 Å². The zero-order chi connectivity index (χ0) is 13.4. The molecule has 1 rings (SSSR count). The van der Waals surface area contributed by atoms with Crippen LogP contribution in [0.1, 0.15) is 25.8 Å². The van der Waals surface area contributed by atoms with E-state index in [1.807, 2.05) is 12.1 Å². The molecule has 0 heterocycles. The molecule has 102 valence electrons. The average molecular weight is 270 g/mol. The Kier molecular flexibility index (Phi) is 7.33. The van der Waals surface area contributed by atoms with Gasteiger partial charge in [0.1, 0.15) is 0 Å². The molecule has 0 radical (unpaired) electrons. The Morgan fingerprint density at radius 1 is 1.22 bits per heavy atom. The van der Waals surface area contributed by atoms with Gasteiger partial charge in [0.25, 0.3) is 0 Å². The van der Waals surface area contributed by atoms with Crippen molar-refractivity contribution < 1.29 is 4.74 Å². The highest BCUT2D eigenvalue weighted by atomic mass is 35.5. The first kappa shape index (κ1) is 15.5. The third-order valence-corrected chi connectivity index (χ3v) is 3.14. The van der Waals surface area contributed by atoms with Gasteiger partial charge in [0.2, 0.25) is 0 Å². The van der Waals surface area contributed by atoms with E-state index >= 15 is 0 Å². The van der Waals surface area contributed by atoms with Crippen LogP contribution < -0.4 is 5.73 Å². The van der Waals surface area contributed by atoms with E-state index < -0.39 is 0 Å². The second-order valence-electron chi connectivity index (χ2n) is 5.19. The third kappa shape index (κ3) is 6.39. The normalized spacial score (nSPS) is 12.9. The molecule has 1 aromatic rings. The topological polar surface area (TPSA) is 35.2 Å². The van der Waals surface area contributed by atoms with Crippen molar-refractivity contribution in [1.82, 2.24) is 0 Å². The molecule has 0 saturated carbocycles. The minimum Gasteiger partial charge on any atom is -0.381 e. The lowest BCUT2D eigenvalue weighted by atomic mass is 9.97. The number of ether oxygens (including phenoxy) is 1. The molecule has 0 aliphatic carbocycles. The maximum absolute atomic E-state index is 5.87. The van der Waals surface area contributed by atoms with Gasteiger partial charge in [-0.05, 0) is 48.9 Å². The number of nitrogens with two attached hydrogens (primary N) is 1. The molecule has 18 heavy (non-hydrogen) atoms. The Bertz CT molecular complexity index is 324. The van der Waals surface area contributed by atoms with Gasteiger partial charge in [-0.1, -0.05) is 37.6 Å². The van der Waals surface area contributed by atoms with Crippen LogP contribution in [0.3, 0.4) is 0 Å². The molecular weight excluding hydrogens is 246 g/mol. The number of rotatable bonds is 8. The van der Waals surface area contributed by atoms with Gasteiger partial charge in [-0.15, -0.1) is 0 Å². The second-order valence-corrected chi connectivity index (χ2v) is 5.63. The maximum Gasteiger partial charge on any atom is 0.0488 e. The lowest BCUT2D eigenvalue weighted by Crippen LogP contribution is -2.19. The number of hydrogen-bond acceptors (Lipinski definition) is 2. The molecule has 2 N–H and O–H groups in total. The summed E-state index contributed by atoms with van der Waals surface area (Å²) < 4.78 is 5.61. The monoisotopic (exact) mass is 269 g/mol. The smallest absolute Gasteiger partial charge is 0.0488 e. The van der Waals surface area contributed by atoms with Crippen LogP contribution in [0.2, 0.25) is 5.02 Å². The van der Waals surface area contributed by atoms with Gasteiger partial charge in [-0.25, -0.2) is 0 Å². The maximum atomic E-state index is 5.87. The van der Waals surface area contributed by atoms with Crippen molar-refractivity contribution in [3.63, 3.8) is 0 Å². The summed E-state index contributed by atoms with van der Waals surface area (Å²) >= 11 is 5.87. The van der Waals surface area contributed by atoms with Crippen molar-refractivity contribution >= 4 is 11.6 Å². The van der Waals surface area contributed by atoms with Crippen LogP contribution in [0, 0.1) is 11.8 Å². The second kappa shape index (κ2) is 8.52. The van der Waals surface area contributed by atoms with E-state index in [2.05, 4.69) is 26.0 Å². The molecule has 0 aliphatic heterocycles. The average Bonchev–Trinajstić information content (AvgIpc) is 2.35. The van der Waals surface area contributed by atoms with E-state index in [1.54, 1.807) is 0 Å². The van der Waals surface area contributed by atoms with Crippen LogP contribution in [0.5, 0.6) is 0 Å². The Labute approximate surface area is 115 Å². The van der Waals surface area contributed by atoms with Crippen molar-refractivity contribution in [2.75, 3.05) is 19.8 Å². The zero-order valence-corrected chi connectivity index (χ0v) is 12.1. The summed E-state index contributed by atoms with van der Waals surface area (Å²) in [4.78, 5) is 0. The van der Waals surface area contributed by atoms with E-state index in [-0.39, 0.29) is 0 Å². The summed E-state index contributed by atoms with van der Waals surface area (Å²) in [5.41, 5.74) is 7.10. The van der Waals surface area contributed by atoms with Gasteiger partial charge in [0.05, 0.1) is 0 Å². The number of hydrogen-bond donors (Lipinski definition) is 1. The first-order chi connectivity index (χ1) is 8.61. The molecule has 0 aliphatic rings. The van der Waals surface area contributed by atoms with Crippen LogP contribution in [0.25, 0.3) is 0 Å². The first-order valence-electron chi connectivity index (χ1n) is 6.64. The zero-order valence-electron chi connectivity index (χ0n) is 11.4. The highest BCUT2D eigenvalue weighted by molar-refractivity contribution is 6.30. The molecule has 1 aromatic carbocycles. The molecule has 3 heteroatoms. The summed E-state index contributed by atoms with van der Waals surface area (Å²) in [6, 6.07) is 8.00. The molecule has 0 saturated heterocycles. The fourth-order valence-electron chi connectivity index (χ4n) is 1.83. The highest BCUT2D eigenvalue weighted by Crippen LogP contribution is 2.15. The minimum absolute atomic E-state index is 0.485. The van der Waals surface area contributed by atoms with Gasteiger partial charge in [0.15, 0.2) is 0 Å². The van der Waals surface area contributed by atoms with Crippen LogP contribution in [-0.4, -0.2) is 19.8 Å². The van der Waals surface area contributed by atoms with Crippen molar-refractivity contribution in [2.24, 2.45) is 17.6 Å². The van der Waals surface area contributed by atoms with Gasteiger partial charge in [0, 0.05) is 18.2 Å². The predicted octanol–water partition coefficient (Wildman–Crippen LogP) is 3.52. The van der Waals surface area contributed by atoms with Crippen LogP contribution in [-0.2, 0) is 11.2 Å². The van der Waals surface area contributed by atoms with Crippen molar-refractivity contribution in [3.8, 4) is 0 Å². The molecule has 1 unspecified atom stereocenters. The Morgan fingerprint density at radius 3 is 2.44 bits per heavy atom. The lowest BCUT2D eigenvalue weighted by Gasteiger charge is -2.15. The Hall–Kier alpha value is -0.570. The fraction of sp³-hybridized carbons (Fsp3) is 0.600. The molecule has 2 nitrogen and oxygen atoms in total. The molecule has 0 amide bonds. The lowest BCUT2D eigenvalue weighted by molar-refractivity contribution is 0.0984. The van der Waals surface area contributed by atoms with Gasteiger partial charge in [-0.3, -0.25) is 0 Å². The van der Waals surface area contributed by atoms with E-state index in [9.17, 15) is 0 Å². The van der Waals surface area contributed by atoms with Crippen molar-refractivity contribution in [1.29, 1.82) is 0 Å². The molecule has 1 atom stereocenters. The van der Waals surface area contributed by atoms with Crippen molar-refractivity contribution in [2.45, 2.75) is 26.7 Å². The standard InChI is InChI=1S/C15H24ClNO/c1-12(2)11-18-8-7-14(10-17)9-13-3-5-15(16)6-4-13/h3-6,12,14H,7-11,17H2,1-2H3. The third-order valence-electron chi connectivity index (χ3n) is 2.89. The largest absolute Gasteiger partial charge is 0.381 e. The summed E-state index contributed by atoms with van der Waals surface area (Å²) in [7, 11) is 0. The predicted molar refractivity (Wildman–Crippen MR) is 78.0 cm³/mol. The molecule has 0 aromatic heterocycles. The fourth-order valence-corrected chi connectivity index (χ4v) is 1.95. The quantitative estimate of drug-likeness (QED) is 0.733. The van der Waals surface area contributed by atoms with Gasteiger partial charge in [-0.2, -0.15) is 0 Å². The van der Waals surface area contributed by atoms with E-state index in [0.717, 1.165) is 31.1 Å². The molecule has 0 bridgehead atoms. The van der Waals surface area contributed by atoms with Gasteiger partial charge < -0.3 is 10.5 Å². The Morgan fingerprint density at radius 2 is 1.89 bits per heavy atom. The summed E-state index contributed by atoms with van der Waals surface area (Å²) in [5.74, 6) is 1.08. The van der Waals surface area contributed by atoms with Crippen molar-refractivity contribution in [3.05, 3.63) is 34.9 Å². The Balaban J connectivity index is 2.30. The van der Waals surface area contributed by atoms with E-state index in [1.165, 1.54) is 5.56 Å². The van der Waals surface area contributed by atoms with E-state index in [0.29, 0.717) is 18.4 Å². The molecule has 0 fully saturated rings. The van der Waals surface area contributed by atoms with Crippen LogP contribution in [0.15, 0.2) is 24.3 Å². The molecular formula is C15H24ClNO. The summed E-state index contributed by atoms with van der Waals surface area (Å²) in [5, 5.41) is 0.781. The number of halogens is 1. The first-order valence-corrected chi connectivity index (χ1v) is 7.02. The molecule has 0 spiro atoms. The summed E-state index contributed by atoms with van der Waals surface area (Å²) in [6.07, 6.45) is 2.02. The minimum atomic E-state index is 0.485. The van der Waals surface area contributed by atoms with Crippen LogP contribution >= 0.6 is 11.6 Å². The van der Waals surface area contributed by atoms with E-state index in [4.69, 9.17) is 22.1 Å². The number of benzene rings is 1.